The average molecular weight is 306 g/mol. The molecule has 0 aromatic heterocycles. The fraction of sp³-hybridized carbons (Fsp3) is 0.917. The van der Waals surface area contributed by atoms with Crippen molar-refractivity contribution >= 4 is 16.2 Å². The van der Waals surface area contributed by atoms with Crippen molar-refractivity contribution in [2.45, 2.75) is 45.2 Å². The van der Waals surface area contributed by atoms with Gasteiger partial charge in [-0.25, -0.2) is 0 Å². The number of carbonyl (C=O) groups is 1. The first-order valence-electron chi connectivity index (χ1n) is 6.87. The molecular weight excluding hydrogens is 284 g/mol. The quantitative estimate of drug-likeness (QED) is 0.772. The summed E-state index contributed by atoms with van der Waals surface area (Å²) >= 11 is 0. The molecule has 8 heteroatoms. The van der Waals surface area contributed by atoms with Crippen molar-refractivity contribution in [3.8, 4) is 0 Å². The Kier molecular flexibility index (Phi) is 4.38. The Morgan fingerprint density at radius 1 is 1.45 bits per heavy atom. The second-order valence-corrected chi connectivity index (χ2v) is 7.52. The minimum atomic E-state index is -3.68. The van der Waals surface area contributed by atoms with Gasteiger partial charge in [0, 0.05) is 12.6 Å². The molecule has 0 saturated carbocycles. The molecule has 20 heavy (non-hydrogen) atoms. The van der Waals surface area contributed by atoms with E-state index in [2.05, 4.69) is 4.72 Å². The number of nitrogens with zero attached hydrogens (tertiary/aromatic N) is 1. The van der Waals surface area contributed by atoms with E-state index in [4.69, 9.17) is 4.74 Å². The summed E-state index contributed by atoms with van der Waals surface area (Å²) in [6.45, 7) is 3.97. The first-order chi connectivity index (χ1) is 9.27. The van der Waals surface area contributed by atoms with E-state index in [0.29, 0.717) is 6.54 Å². The topological polar surface area (TPSA) is 95.9 Å². The first kappa shape index (κ1) is 15.7. The van der Waals surface area contributed by atoms with Crippen molar-refractivity contribution in [1.29, 1.82) is 0 Å². The monoisotopic (exact) mass is 306 g/mol. The SMILES string of the molecule is CC1CCCCN1S(=O)(=O)NC1COCC1(C)C(=O)O. The van der Waals surface area contributed by atoms with Gasteiger partial charge in [-0.05, 0) is 26.7 Å². The molecule has 3 atom stereocenters. The third-order valence-electron chi connectivity index (χ3n) is 4.29. The highest BCUT2D eigenvalue weighted by Gasteiger charge is 2.49. The second kappa shape index (κ2) is 5.59. The van der Waals surface area contributed by atoms with Crippen molar-refractivity contribution in [2.75, 3.05) is 19.8 Å². The molecule has 2 N–H and O–H groups in total. The van der Waals surface area contributed by atoms with E-state index in [1.807, 2.05) is 6.92 Å². The van der Waals surface area contributed by atoms with Gasteiger partial charge in [0.1, 0.15) is 5.41 Å². The average Bonchev–Trinajstić information content (AvgIpc) is 2.72. The minimum Gasteiger partial charge on any atom is -0.481 e. The number of aliphatic carboxylic acids is 1. The Labute approximate surface area is 119 Å². The molecule has 2 heterocycles. The van der Waals surface area contributed by atoms with E-state index < -0.39 is 27.6 Å². The lowest BCUT2D eigenvalue weighted by molar-refractivity contribution is -0.148. The standard InChI is InChI=1S/C12H22N2O5S/c1-9-5-3-4-6-14(9)20(17,18)13-10-7-19-8-12(10,2)11(15)16/h9-10,13H,3-8H2,1-2H3,(H,15,16). The van der Waals surface area contributed by atoms with Crippen LogP contribution in [0.3, 0.4) is 0 Å². The summed E-state index contributed by atoms with van der Waals surface area (Å²) < 4.78 is 34.0. The van der Waals surface area contributed by atoms with Crippen LogP contribution in [0.4, 0.5) is 0 Å². The molecular formula is C12H22N2O5S. The van der Waals surface area contributed by atoms with E-state index in [1.54, 1.807) is 0 Å². The Morgan fingerprint density at radius 3 is 2.75 bits per heavy atom. The fourth-order valence-electron chi connectivity index (χ4n) is 2.72. The molecule has 2 fully saturated rings. The molecule has 7 nitrogen and oxygen atoms in total. The van der Waals surface area contributed by atoms with Gasteiger partial charge in [-0.15, -0.1) is 0 Å². The number of hydrogen-bond donors (Lipinski definition) is 2. The number of nitrogens with one attached hydrogen (secondary N) is 1. The van der Waals surface area contributed by atoms with E-state index in [0.717, 1.165) is 19.3 Å². The lowest BCUT2D eigenvalue weighted by Crippen LogP contribution is -2.55. The predicted molar refractivity (Wildman–Crippen MR) is 72.4 cm³/mol. The van der Waals surface area contributed by atoms with Crippen molar-refractivity contribution < 1.29 is 23.1 Å². The van der Waals surface area contributed by atoms with Crippen LogP contribution in [-0.2, 0) is 19.7 Å². The van der Waals surface area contributed by atoms with Crippen LogP contribution in [0.25, 0.3) is 0 Å². The van der Waals surface area contributed by atoms with Crippen LogP contribution in [0.5, 0.6) is 0 Å². The van der Waals surface area contributed by atoms with Crippen LogP contribution in [0.15, 0.2) is 0 Å². The molecule has 0 aliphatic carbocycles. The lowest BCUT2D eigenvalue weighted by Gasteiger charge is -2.34. The number of rotatable bonds is 4. The van der Waals surface area contributed by atoms with Gasteiger partial charge in [-0.2, -0.15) is 17.4 Å². The summed E-state index contributed by atoms with van der Waals surface area (Å²) in [5, 5.41) is 9.27. The maximum atomic E-state index is 12.4. The number of piperidine rings is 1. The van der Waals surface area contributed by atoms with Gasteiger partial charge in [-0.1, -0.05) is 6.42 Å². The van der Waals surface area contributed by atoms with Crippen LogP contribution in [0, 0.1) is 5.41 Å². The zero-order chi connectivity index (χ0) is 15.0. The molecule has 2 aliphatic heterocycles. The molecule has 0 aromatic carbocycles. The molecule has 0 spiro atoms. The Hall–Kier alpha value is -0.700. The smallest absolute Gasteiger partial charge is 0.313 e. The summed E-state index contributed by atoms with van der Waals surface area (Å²) in [6.07, 6.45) is 2.69. The number of carboxylic acid groups (broad SMARTS) is 1. The fourth-order valence-corrected chi connectivity index (χ4v) is 4.50. The van der Waals surface area contributed by atoms with Crippen LogP contribution in [0.2, 0.25) is 0 Å². The zero-order valence-electron chi connectivity index (χ0n) is 11.8. The van der Waals surface area contributed by atoms with Crippen LogP contribution in [0.1, 0.15) is 33.1 Å². The summed E-state index contributed by atoms with van der Waals surface area (Å²) in [4.78, 5) is 11.3. The van der Waals surface area contributed by atoms with Crippen LogP contribution < -0.4 is 4.72 Å². The Morgan fingerprint density at radius 2 is 2.15 bits per heavy atom. The molecule has 0 aromatic rings. The maximum Gasteiger partial charge on any atom is 0.313 e. The highest BCUT2D eigenvalue weighted by Crippen LogP contribution is 2.30. The second-order valence-electron chi connectivity index (χ2n) is 5.87. The number of carboxylic acids is 1. The summed E-state index contributed by atoms with van der Waals surface area (Å²) in [5.74, 6) is -1.05. The summed E-state index contributed by atoms with van der Waals surface area (Å²) in [5.41, 5.74) is -1.22. The Balaban J connectivity index is 2.13. The van der Waals surface area contributed by atoms with Crippen molar-refractivity contribution in [3.05, 3.63) is 0 Å². The van der Waals surface area contributed by atoms with Gasteiger partial charge in [0.15, 0.2) is 0 Å². The van der Waals surface area contributed by atoms with Gasteiger partial charge in [0.2, 0.25) is 0 Å². The summed E-state index contributed by atoms with van der Waals surface area (Å²) in [7, 11) is -3.68. The first-order valence-corrected chi connectivity index (χ1v) is 8.31. The Bertz CT molecular complexity index is 480. The molecule has 0 bridgehead atoms. The normalized spacial score (nSPS) is 36.1. The third kappa shape index (κ3) is 2.83. The zero-order valence-corrected chi connectivity index (χ0v) is 12.6. The minimum absolute atomic E-state index is 0.0189. The van der Waals surface area contributed by atoms with Crippen LogP contribution >= 0.6 is 0 Å². The van der Waals surface area contributed by atoms with Crippen LogP contribution in [-0.4, -0.2) is 55.6 Å². The van der Waals surface area contributed by atoms with Gasteiger partial charge >= 0.3 is 5.97 Å². The van der Waals surface area contributed by atoms with Gasteiger partial charge < -0.3 is 9.84 Å². The van der Waals surface area contributed by atoms with Gasteiger partial charge in [0.25, 0.3) is 10.2 Å². The lowest BCUT2D eigenvalue weighted by atomic mass is 9.86. The van der Waals surface area contributed by atoms with E-state index >= 15 is 0 Å². The molecule has 2 rings (SSSR count). The highest BCUT2D eigenvalue weighted by atomic mass is 32.2. The molecule has 0 radical (unpaired) electrons. The highest BCUT2D eigenvalue weighted by molar-refractivity contribution is 7.87. The van der Waals surface area contributed by atoms with E-state index in [1.165, 1.54) is 11.2 Å². The number of ether oxygens (including phenoxy) is 1. The predicted octanol–water partition coefficient (Wildman–Crippen LogP) is 0.185. The largest absolute Gasteiger partial charge is 0.481 e. The maximum absolute atomic E-state index is 12.4. The molecule has 0 amide bonds. The van der Waals surface area contributed by atoms with E-state index in [-0.39, 0.29) is 19.3 Å². The van der Waals surface area contributed by atoms with Gasteiger partial charge in [0.05, 0.1) is 19.3 Å². The molecule has 116 valence electrons. The van der Waals surface area contributed by atoms with Gasteiger partial charge in [-0.3, -0.25) is 4.79 Å². The van der Waals surface area contributed by atoms with Crippen molar-refractivity contribution in [1.82, 2.24) is 9.03 Å². The molecule has 3 unspecified atom stereocenters. The number of hydrogen-bond acceptors (Lipinski definition) is 4. The summed E-state index contributed by atoms with van der Waals surface area (Å²) in [6, 6.07) is -0.793. The molecule has 2 saturated heterocycles. The third-order valence-corrected chi connectivity index (χ3v) is 6.03. The van der Waals surface area contributed by atoms with Crippen molar-refractivity contribution in [3.63, 3.8) is 0 Å². The van der Waals surface area contributed by atoms with E-state index in [9.17, 15) is 18.3 Å². The van der Waals surface area contributed by atoms with Crippen molar-refractivity contribution in [2.24, 2.45) is 5.41 Å². The molecule has 2 aliphatic rings.